The molecule has 0 spiro atoms. The molecule has 0 radical (unpaired) electrons. The zero-order valence-electron chi connectivity index (χ0n) is 17.6. The second kappa shape index (κ2) is 8.84. The largest absolute Gasteiger partial charge is 0.494 e. The van der Waals surface area contributed by atoms with Crippen LogP contribution in [0, 0.1) is 23.6 Å². The van der Waals surface area contributed by atoms with E-state index in [1.54, 1.807) is 6.07 Å². The summed E-state index contributed by atoms with van der Waals surface area (Å²) in [5.74, 6) is 3.59. The van der Waals surface area contributed by atoms with Gasteiger partial charge in [-0.05, 0) is 72.8 Å². The van der Waals surface area contributed by atoms with Crippen molar-refractivity contribution in [3.63, 3.8) is 0 Å². The standard InChI is InChI=1S/C26H35FO/c1-3-4-5-6-18-7-8-20-16-21(10-9-19(20)15-18)22-11-13-24-23(17-22)12-14-25(28-2)26(24)27/h11-14,17-21H,3-10,15-16H2,1-2H3/t18?,19-,20?,21-/m1/s1. The Morgan fingerprint density at radius 1 is 0.964 bits per heavy atom. The van der Waals surface area contributed by atoms with Gasteiger partial charge in [-0.1, -0.05) is 63.3 Å². The fourth-order valence-corrected chi connectivity index (χ4v) is 5.94. The van der Waals surface area contributed by atoms with Crippen LogP contribution in [0.1, 0.15) is 82.6 Å². The number of unbranched alkanes of at least 4 members (excludes halogenated alkanes) is 2. The normalized spacial score (nSPS) is 27.5. The molecule has 0 amide bonds. The molecule has 0 N–H and O–H groups in total. The third-order valence-corrected chi connectivity index (χ3v) is 7.57. The maximum absolute atomic E-state index is 14.5. The molecule has 0 aromatic heterocycles. The van der Waals surface area contributed by atoms with E-state index < -0.39 is 0 Å². The van der Waals surface area contributed by atoms with Crippen LogP contribution in [0.4, 0.5) is 4.39 Å². The van der Waals surface area contributed by atoms with Gasteiger partial charge in [-0.15, -0.1) is 0 Å². The topological polar surface area (TPSA) is 9.23 Å². The molecule has 152 valence electrons. The first kappa shape index (κ1) is 19.7. The van der Waals surface area contributed by atoms with Crippen LogP contribution in [0.3, 0.4) is 0 Å². The van der Waals surface area contributed by atoms with E-state index in [1.165, 1.54) is 76.9 Å². The molecule has 2 aromatic carbocycles. The molecule has 1 nitrogen and oxygen atoms in total. The van der Waals surface area contributed by atoms with Crippen LogP contribution < -0.4 is 4.74 Å². The van der Waals surface area contributed by atoms with Gasteiger partial charge in [0.2, 0.25) is 0 Å². The van der Waals surface area contributed by atoms with Crippen molar-refractivity contribution in [1.82, 2.24) is 0 Å². The molecule has 0 bridgehead atoms. The minimum atomic E-state index is -0.239. The van der Waals surface area contributed by atoms with Crippen LogP contribution in [0.5, 0.6) is 5.75 Å². The summed E-state index contributed by atoms with van der Waals surface area (Å²) in [6.07, 6.45) is 14.0. The summed E-state index contributed by atoms with van der Waals surface area (Å²) in [4.78, 5) is 0. The van der Waals surface area contributed by atoms with E-state index in [0.717, 1.165) is 23.1 Å². The highest BCUT2D eigenvalue weighted by Gasteiger charge is 2.35. The van der Waals surface area contributed by atoms with Crippen molar-refractivity contribution in [3.05, 3.63) is 41.7 Å². The number of hydrogen-bond acceptors (Lipinski definition) is 1. The van der Waals surface area contributed by atoms with Crippen molar-refractivity contribution in [2.24, 2.45) is 17.8 Å². The van der Waals surface area contributed by atoms with Gasteiger partial charge >= 0.3 is 0 Å². The lowest BCUT2D eigenvalue weighted by molar-refractivity contribution is 0.113. The second-order valence-corrected chi connectivity index (χ2v) is 9.27. The number of halogens is 1. The summed E-state index contributed by atoms with van der Waals surface area (Å²) in [7, 11) is 1.52. The number of fused-ring (bicyclic) bond motifs is 2. The second-order valence-electron chi connectivity index (χ2n) is 9.27. The van der Waals surface area contributed by atoms with Gasteiger partial charge in [0, 0.05) is 5.39 Å². The highest BCUT2D eigenvalue weighted by Crippen LogP contribution is 2.48. The summed E-state index contributed by atoms with van der Waals surface area (Å²) >= 11 is 0. The lowest BCUT2D eigenvalue weighted by Gasteiger charge is -2.42. The maximum atomic E-state index is 14.5. The number of methoxy groups -OCH3 is 1. The zero-order chi connectivity index (χ0) is 19.5. The summed E-state index contributed by atoms with van der Waals surface area (Å²) in [6.45, 7) is 2.30. The quantitative estimate of drug-likeness (QED) is 0.462. The Kier molecular flexibility index (Phi) is 6.23. The Labute approximate surface area is 169 Å². The molecule has 28 heavy (non-hydrogen) atoms. The molecule has 2 aliphatic carbocycles. The van der Waals surface area contributed by atoms with E-state index >= 15 is 0 Å². The molecule has 2 saturated carbocycles. The Morgan fingerprint density at radius 2 is 1.79 bits per heavy atom. The fourth-order valence-electron chi connectivity index (χ4n) is 5.94. The monoisotopic (exact) mass is 382 g/mol. The smallest absolute Gasteiger partial charge is 0.172 e. The molecular weight excluding hydrogens is 347 g/mol. The van der Waals surface area contributed by atoms with Crippen LogP contribution in [0.15, 0.2) is 30.3 Å². The Balaban J connectivity index is 1.42. The van der Waals surface area contributed by atoms with Gasteiger partial charge < -0.3 is 4.74 Å². The molecule has 4 atom stereocenters. The van der Waals surface area contributed by atoms with Crippen LogP contribution in [0.25, 0.3) is 10.8 Å². The van der Waals surface area contributed by atoms with Crippen molar-refractivity contribution in [3.8, 4) is 5.75 Å². The summed E-state index contributed by atoms with van der Waals surface area (Å²) in [5.41, 5.74) is 1.40. The predicted molar refractivity (Wildman–Crippen MR) is 116 cm³/mol. The Bertz CT molecular complexity index is 798. The first-order chi connectivity index (χ1) is 13.7. The van der Waals surface area contributed by atoms with Crippen molar-refractivity contribution in [1.29, 1.82) is 0 Å². The average molecular weight is 383 g/mol. The molecule has 2 fully saturated rings. The first-order valence-electron chi connectivity index (χ1n) is 11.5. The summed E-state index contributed by atoms with van der Waals surface area (Å²) < 4.78 is 19.6. The van der Waals surface area contributed by atoms with Gasteiger partial charge in [0.15, 0.2) is 11.6 Å². The van der Waals surface area contributed by atoms with Gasteiger partial charge in [0.25, 0.3) is 0 Å². The van der Waals surface area contributed by atoms with Crippen molar-refractivity contribution >= 4 is 10.8 Å². The SMILES string of the molecule is CCCCCC1CCC2C[C@H](c3ccc4c(F)c(OC)ccc4c3)CC[C@@H]2C1. The first-order valence-corrected chi connectivity index (χ1v) is 11.5. The van der Waals surface area contributed by atoms with E-state index in [4.69, 9.17) is 4.74 Å². The highest BCUT2D eigenvalue weighted by atomic mass is 19.1. The lowest BCUT2D eigenvalue weighted by Crippen LogP contribution is -2.30. The molecule has 2 unspecified atom stereocenters. The van der Waals surface area contributed by atoms with Crippen molar-refractivity contribution in [2.45, 2.75) is 77.0 Å². The van der Waals surface area contributed by atoms with Gasteiger partial charge in [-0.25, -0.2) is 4.39 Å². The number of rotatable bonds is 6. The Hall–Kier alpha value is -1.57. The Morgan fingerprint density at radius 3 is 2.61 bits per heavy atom. The van der Waals surface area contributed by atoms with Gasteiger partial charge in [-0.3, -0.25) is 0 Å². The molecular formula is C26H35FO. The molecule has 2 aromatic rings. The predicted octanol–water partition coefficient (Wildman–Crippen LogP) is 7.87. The highest BCUT2D eigenvalue weighted by molar-refractivity contribution is 5.85. The van der Waals surface area contributed by atoms with Crippen LogP contribution in [-0.2, 0) is 0 Å². The minimum Gasteiger partial charge on any atom is -0.494 e. The number of benzene rings is 2. The maximum Gasteiger partial charge on any atom is 0.172 e. The average Bonchev–Trinajstić information content (AvgIpc) is 2.73. The minimum absolute atomic E-state index is 0.239. The summed E-state index contributed by atoms with van der Waals surface area (Å²) in [5, 5.41) is 1.67. The third kappa shape index (κ3) is 4.07. The molecule has 0 saturated heterocycles. The van der Waals surface area contributed by atoms with Crippen molar-refractivity contribution < 1.29 is 9.13 Å². The molecule has 4 rings (SSSR count). The lowest BCUT2D eigenvalue weighted by atomic mass is 9.63. The van der Waals surface area contributed by atoms with Crippen LogP contribution in [0.2, 0.25) is 0 Å². The van der Waals surface area contributed by atoms with E-state index in [1.807, 2.05) is 12.1 Å². The van der Waals surface area contributed by atoms with E-state index in [2.05, 4.69) is 19.1 Å². The van der Waals surface area contributed by atoms with Gasteiger partial charge in [-0.2, -0.15) is 0 Å². The van der Waals surface area contributed by atoms with Gasteiger partial charge in [0.05, 0.1) is 7.11 Å². The fraction of sp³-hybridized carbons (Fsp3) is 0.615. The third-order valence-electron chi connectivity index (χ3n) is 7.57. The molecule has 2 aliphatic rings. The molecule has 2 heteroatoms. The number of ether oxygens (including phenoxy) is 1. The summed E-state index contributed by atoms with van der Waals surface area (Å²) in [6, 6.07) is 10.1. The van der Waals surface area contributed by atoms with Crippen molar-refractivity contribution in [2.75, 3.05) is 7.11 Å². The number of hydrogen-bond donors (Lipinski definition) is 0. The van der Waals surface area contributed by atoms with Crippen LogP contribution in [-0.4, -0.2) is 7.11 Å². The van der Waals surface area contributed by atoms with E-state index in [9.17, 15) is 4.39 Å². The van der Waals surface area contributed by atoms with Crippen LogP contribution >= 0.6 is 0 Å². The molecule has 0 heterocycles. The van der Waals surface area contributed by atoms with Gasteiger partial charge in [0.1, 0.15) is 0 Å². The molecule has 0 aliphatic heterocycles. The van der Waals surface area contributed by atoms with E-state index in [0.29, 0.717) is 17.1 Å². The van der Waals surface area contributed by atoms with E-state index in [-0.39, 0.29) is 5.82 Å². The zero-order valence-corrected chi connectivity index (χ0v) is 17.6.